The van der Waals surface area contributed by atoms with Crippen molar-refractivity contribution < 1.29 is 4.74 Å². The van der Waals surface area contributed by atoms with Crippen LogP contribution in [0.1, 0.15) is 31.7 Å². The molecule has 0 aliphatic carbocycles. The Morgan fingerprint density at radius 1 is 1.39 bits per heavy atom. The average molecular weight is 338 g/mol. The summed E-state index contributed by atoms with van der Waals surface area (Å²) < 4.78 is 5.24. The first kappa shape index (κ1) is 18.8. The summed E-state index contributed by atoms with van der Waals surface area (Å²) in [6.07, 6.45) is 6.99. The number of nitrogens with one attached hydrogen (secondary N) is 2. The van der Waals surface area contributed by atoms with Gasteiger partial charge in [-0.2, -0.15) is 5.10 Å². The van der Waals surface area contributed by atoms with Crippen molar-refractivity contribution in [2.75, 3.05) is 13.7 Å². The van der Waals surface area contributed by atoms with E-state index in [1.807, 2.05) is 24.4 Å². The van der Waals surface area contributed by atoms with Crippen LogP contribution in [0.25, 0.3) is 10.9 Å². The molecule has 0 fully saturated rings. The molecular formula is C16H24ClN5O. The zero-order valence-corrected chi connectivity index (χ0v) is 14.3. The molecule has 0 aliphatic heterocycles. The number of aliphatic imine (C=N–C) groups is 1. The van der Waals surface area contributed by atoms with E-state index in [4.69, 9.17) is 10.5 Å². The lowest BCUT2D eigenvalue weighted by Gasteiger charge is -2.00. The molecule has 0 spiro atoms. The molecule has 0 saturated carbocycles. The Labute approximate surface area is 142 Å². The molecule has 6 nitrogen and oxygen atoms in total. The fourth-order valence-corrected chi connectivity index (χ4v) is 2.12. The Balaban J connectivity index is 0.00000264. The number of guanidine groups is 1. The van der Waals surface area contributed by atoms with Crippen molar-refractivity contribution in [3.05, 3.63) is 30.0 Å². The van der Waals surface area contributed by atoms with Crippen LogP contribution in [0.15, 0.2) is 34.5 Å². The number of benzene rings is 1. The number of aromatic amines is 1. The van der Waals surface area contributed by atoms with Crippen LogP contribution in [0.2, 0.25) is 0 Å². The molecule has 0 unspecified atom stereocenters. The summed E-state index contributed by atoms with van der Waals surface area (Å²) in [5.41, 5.74) is 10.5. The van der Waals surface area contributed by atoms with Crippen molar-refractivity contribution >= 4 is 35.5 Å². The molecule has 126 valence electrons. The van der Waals surface area contributed by atoms with E-state index in [-0.39, 0.29) is 12.4 Å². The van der Waals surface area contributed by atoms with E-state index in [0.717, 1.165) is 41.6 Å². The number of H-pyrrole nitrogens is 1. The lowest BCUT2D eigenvalue weighted by molar-refractivity contribution is 0.415. The number of ether oxygens (including phenoxy) is 1. The highest BCUT2D eigenvalue weighted by Gasteiger charge is 2.03. The molecule has 0 bridgehead atoms. The van der Waals surface area contributed by atoms with Gasteiger partial charge in [0, 0.05) is 29.2 Å². The summed E-state index contributed by atoms with van der Waals surface area (Å²) in [4.78, 5) is 7.40. The number of methoxy groups -OCH3 is 1. The van der Waals surface area contributed by atoms with Gasteiger partial charge in [0.2, 0.25) is 5.96 Å². The summed E-state index contributed by atoms with van der Waals surface area (Å²) in [7, 11) is 1.65. The van der Waals surface area contributed by atoms with Crippen LogP contribution in [-0.2, 0) is 0 Å². The molecule has 0 aliphatic rings. The van der Waals surface area contributed by atoms with Gasteiger partial charge in [-0.3, -0.25) is 4.99 Å². The number of halogens is 1. The molecule has 1 heterocycles. The predicted molar refractivity (Wildman–Crippen MR) is 98.8 cm³/mol. The first-order chi connectivity index (χ1) is 10.7. The van der Waals surface area contributed by atoms with E-state index >= 15 is 0 Å². The number of hydrazone groups is 1. The van der Waals surface area contributed by atoms with Gasteiger partial charge in [0.25, 0.3) is 0 Å². The van der Waals surface area contributed by atoms with E-state index in [0.29, 0.717) is 5.96 Å². The standard InChI is InChI=1S/C16H23N5O.ClH/c1-3-4-5-8-18-16(17)21-20-11-12-10-19-15-7-6-13(22-2)9-14(12)15;/h6-7,9-11,19H,3-5,8H2,1-2H3,(H3,17,18,21);1H/b20-11-;. The van der Waals surface area contributed by atoms with Gasteiger partial charge in [-0.25, -0.2) is 5.43 Å². The minimum Gasteiger partial charge on any atom is -0.497 e. The summed E-state index contributed by atoms with van der Waals surface area (Å²) in [6.45, 7) is 2.89. The lowest BCUT2D eigenvalue weighted by Crippen LogP contribution is -2.27. The van der Waals surface area contributed by atoms with Crippen LogP contribution in [0, 0.1) is 0 Å². The molecule has 23 heavy (non-hydrogen) atoms. The maximum Gasteiger partial charge on any atom is 0.209 e. The Kier molecular flexibility index (Phi) is 7.97. The van der Waals surface area contributed by atoms with E-state index in [9.17, 15) is 0 Å². The normalized spacial score (nSPS) is 11.7. The second-order valence-electron chi connectivity index (χ2n) is 5.00. The maximum atomic E-state index is 5.75. The largest absolute Gasteiger partial charge is 0.497 e. The quantitative estimate of drug-likeness (QED) is 0.314. The molecule has 0 saturated heterocycles. The Morgan fingerprint density at radius 3 is 2.96 bits per heavy atom. The molecule has 1 aromatic carbocycles. The maximum absolute atomic E-state index is 5.75. The number of hydrogen-bond acceptors (Lipinski definition) is 3. The highest BCUT2D eigenvalue weighted by atomic mass is 35.5. The fraction of sp³-hybridized carbons (Fsp3) is 0.375. The summed E-state index contributed by atoms with van der Waals surface area (Å²) in [5, 5.41) is 5.17. The molecule has 0 radical (unpaired) electrons. The highest BCUT2D eigenvalue weighted by Crippen LogP contribution is 2.22. The Bertz CT molecular complexity index is 666. The number of nitrogens with two attached hydrogens (primary N) is 1. The third-order valence-electron chi connectivity index (χ3n) is 3.35. The predicted octanol–water partition coefficient (Wildman–Crippen LogP) is 3.03. The van der Waals surface area contributed by atoms with Crippen LogP contribution in [0.3, 0.4) is 0 Å². The van der Waals surface area contributed by atoms with Crippen LogP contribution in [-0.4, -0.2) is 30.8 Å². The minimum absolute atomic E-state index is 0. The number of aromatic nitrogens is 1. The number of fused-ring (bicyclic) bond motifs is 1. The second-order valence-corrected chi connectivity index (χ2v) is 5.00. The number of rotatable bonds is 7. The zero-order chi connectivity index (χ0) is 15.8. The van der Waals surface area contributed by atoms with Gasteiger partial charge in [0.15, 0.2) is 0 Å². The third-order valence-corrected chi connectivity index (χ3v) is 3.35. The van der Waals surface area contributed by atoms with Gasteiger partial charge in [-0.1, -0.05) is 19.8 Å². The van der Waals surface area contributed by atoms with Gasteiger partial charge in [0.05, 0.1) is 13.3 Å². The first-order valence-corrected chi connectivity index (χ1v) is 7.48. The lowest BCUT2D eigenvalue weighted by atomic mass is 10.2. The molecular weight excluding hydrogens is 314 g/mol. The number of hydrogen-bond donors (Lipinski definition) is 3. The first-order valence-electron chi connectivity index (χ1n) is 7.48. The van der Waals surface area contributed by atoms with Gasteiger partial charge in [-0.05, 0) is 24.6 Å². The van der Waals surface area contributed by atoms with Gasteiger partial charge in [0.1, 0.15) is 5.75 Å². The van der Waals surface area contributed by atoms with E-state index in [1.165, 1.54) is 6.42 Å². The monoisotopic (exact) mass is 337 g/mol. The third kappa shape index (κ3) is 5.49. The van der Waals surface area contributed by atoms with Gasteiger partial charge in [-0.15, -0.1) is 12.4 Å². The Morgan fingerprint density at radius 2 is 2.22 bits per heavy atom. The molecule has 4 N–H and O–H groups in total. The van der Waals surface area contributed by atoms with Crippen LogP contribution < -0.4 is 15.9 Å². The van der Waals surface area contributed by atoms with Gasteiger partial charge < -0.3 is 15.5 Å². The molecule has 0 amide bonds. The summed E-state index contributed by atoms with van der Waals surface area (Å²) in [5.74, 6) is 1.15. The highest BCUT2D eigenvalue weighted by molar-refractivity contribution is 5.99. The van der Waals surface area contributed by atoms with Crippen LogP contribution in [0.5, 0.6) is 5.75 Å². The van der Waals surface area contributed by atoms with Crippen molar-refractivity contribution in [2.45, 2.75) is 26.2 Å². The number of nitrogens with zero attached hydrogens (tertiary/aromatic N) is 2. The Hall–Kier alpha value is -2.21. The van der Waals surface area contributed by atoms with Crippen molar-refractivity contribution in [3.8, 4) is 5.75 Å². The molecule has 2 aromatic rings. The van der Waals surface area contributed by atoms with E-state index in [1.54, 1.807) is 13.3 Å². The van der Waals surface area contributed by atoms with Crippen LogP contribution in [0.4, 0.5) is 0 Å². The average Bonchev–Trinajstić information content (AvgIpc) is 2.94. The summed E-state index contributed by atoms with van der Waals surface area (Å²) in [6, 6.07) is 5.86. The molecule has 7 heteroatoms. The SMILES string of the molecule is CCCCCN=C(N)N/N=C\c1c[nH]c2ccc(OC)cc12.Cl. The number of unbranched alkanes of at least 4 members (excludes halogenated alkanes) is 2. The second kappa shape index (κ2) is 9.74. The smallest absolute Gasteiger partial charge is 0.209 e. The topological polar surface area (TPSA) is 87.8 Å². The fourth-order valence-electron chi connectivity index (χ4n) is 2.12. The molecule has 2 rings (SSSR count). The van der Waals surface area contributed by atoms with Gasteiger partial charge >= 0.3 is 0 Å². The summed E-state index contributed by atoms with van der Waals surface area (Å²) >= 11 is 0. The minimum atomic E-state index is 0. The van der Waals surface area contributed by atoms with Crippen LogP contribution >= 0.6 is 12.4 Å². The molecule has 1 aromatic heterocycles. The van der Waals surface area contributed by atoms with Crippen molar-refractivity contribution in [3.63, 3.8) is 0 Å². The van der Waals surface area contributed by atoms with E-state index < -0.39 is 0 Å². The van der Waals surface area contributed by atoms with E-state index in [2.05, 4.69) is 27.4 Å². The van der Waals surface area contributed by atoms with Crippen molar-refractivity contribution in [1.82, 2.24) is 10.4 Å². The van der Waals surface area contributed by atoms with Crippen molar-refractivity contribution in [1.29, 1.82) is 0 Å². The zero-order valence-electron chi connectivity index (χ0n) is 13.5. The van der Waals surface area contributed by atoms with Crippen molar-refractivity contribution in [2.24, 2.45) is 15.8 Å². The molecule has 0 atom stereocenters.